The van der Waals surface area contributed by atoms with E-state index in [2.05, 4.69) is 0 Å². The molecule has 84 valence electrons. The van der Waals surface area contributed by atoms with Crippen LogP contribution in [-0.2, 0) is 14.6 Å². The maximum absolute atomic E-state index is 11.1. The Morgan fingerprint density at radius 2 is 2.21 bits per heavy atom. The molecule has 5 heteroatoms. The molecule has 0 heterocycles. The summed E-state index contributed by atoms with van der Waals surface area (Å²) in [5.41, 5.74) is 5.59. The summed E-state index contributed by atoms with van der Waals surface area (Å²) in [7, 11) is -2.88. The van der Waals surface area contributed by atoms with Crippen molar-refractivity contribution in [2.45, 2.75) is 13.3 Å². The summed E-state index contributed by atoms with van der Waals surface area (Å²) >= 11 is 0. The van der Waals surface area contributed by atoms with Gasteiger partial charge in [-0.15, -0.1) is 0 Å². The summed E-state index contributed by atoms with van der Waals surface area (Å²) in [4.78, 5) is 0. The molecule has 0 aromatic rings. The van der Waals surface area contributed by atoms with Crippen LogP contribution in [0.1, 0.15) is 13.3 Å². The maximum atomic E-state index is 11.1. The van der Waals surface area contributed by atoms with Crippen LogP contribution in [0, 0.1) is 11.3 Å². The minimum absolute atomic E-state index is 0.0565. The van der Waals surface area contributed by atoms with E-state index in [1.54, 1.807) is 0 Å². The number of rotatable bonds is 6. The molecule has 0 aromatic carbocycles. The fraction of sp³-hybridized carbons (Fsp3) is 1.00. The first-order valence-electron chi connectivity index (χ1n) is 4.89. The zero-order valence-electron chi connectivity index (χ0n) is 8.82. The average Bonchev–Trinajstić information content (AvgIpc) is 2.73. The molecular formula is C9H19NO3S. The molecular weight excluding hydrogens is 202 g/mol. The molecule has 0 saturated heterocycles. The first-order valence-corrected chi connectivity index (χ1v) is 6.95. The van der Waals surface area contributed by atoms with Gasteiger partial charge in [0.25, 0.3) is 0 Å². The summed E-state index contributed by atoms with van der Waals surface area (Å²) in [6.45, 7) is 3.71. The van der Waals surface area contributed by atoms with Crippen molar-refractivity contribution >= 4 is 9.84 Å². The summed E-state index contributed by atoms with van der Waals surface area (Å²) in [5.74, 6) is 0.450. The Labute approximate surface area is 85.7 Å². The highest BCUT2D eigenvalue weighted by molar-refractivity contribution is 7.90. The zero-order valence-corrected chi connectivity index (χ0v) is 9.64. The summed E-state index contributed by atoms with van der Waals surface area (Å²) in [5, 5.41) is 0. The van der Waals surface area contributed by atoms with E-state index < -0.39 is 9.84 Å². The Bertz CT molecular complexity index is 288. The second-order valence-electron chi connectivity index (χ2n) is 4.20. The van der Waals surface area contributed by atoms with Crippen LogP contribution in [0.3, 0.4) is 0 Å². The third kappa shape index (κ3) is 2.93. The molecule has 2 atom stereocenters. The molecule has 0 aromatic heterocycles. The van der Waals surface area contributed by atoms with E-state index in [1.165, 1.54) is 6.26 Å². The molecule has 0 aliphatic heterocycles. The lowest BCUT2D eigenvalue weighted by atomic mass is 10.1. The van der Waals surface area contributed by atoms with Crippen LogP contribution < -0.4 is 5.73 Å². The lowest BCUT2D eigenvalue weighted by molar-refractivity contribution is 0.0982. The topological polar surface area (TPSA) is 69.4 Å². The molecule has 0 radical (unpaired) electrons. The minimum atomic E-state index is -2.88. The van der Waals surface area contributed by atoms with Crippen molar-refractivity contribution in [3.05, 3.63) is 0 Å². The van der Waals surface area contributed by atoms with Gasteiger partial charge in [0.2, 0.25) is 0 Å². The van der Waals surface area contributed by atoms with Crippen molar-refractivity contribution < 1.29 is 13.2 Å². The number of hydrogen-bond acceptors (Lipinski definition) is 4. The second-order valence-corrected chi connectivity index (χ2v) is 6.38. The van der Waals surface area contributed by atoms with Gasteiger partial charge in [-0.25, -0.2) is 8.42 Å². The fourth-order valence-electron chi connectivity index (χ4n) is 1.82. The van der Waals surface area contributed by atoms with Crippen LogP contribution in [0.2, 0.25) is 0 Å². The SMILES string of the molecule is CCOC[C@@]1(CN)C[C@@H]1CS(C)(=O)=O. The number of ether oxygens (including phenoxy) is 1. The molecule has 4 nitrogen and oxygen atoms in total. The Morgan fingerprint density at radius 1 is 1.57 bits per heavy atom. The molecule has 2 N–H and O–H groups in total. The van der Waals surface area contributed by atoms with Gasteiger partial charge in [0.1, 0.15) is 9.84 Å². The van der Waals surface area contributed by atoms with Crippen molar-refractivity contribution in [2.24, 2.45) is 17.1 Å². The van der Waals surface area contributed by atoms with Gasteiger partial charge in [0.05, 0.1) is 12.4 Å². The van der Waals surface area contributed by atoms with Crippen LogP contribution in [0.15, 0.2) is 0 Å². The summed E-state index contributed by atoms with van der Waals surface area (Å²) in [6.07, 6.45) is 2.16. The average molecular weight is 221 g/mol. The molecule has 1 rings (SSSR count). The molecule has 1 fully saturated rings. The molecule has 1 aliphatic rings. The molecule has 0 bridgehead atoms. The van der Waals surface area contributed by atoms with Crippen molar-refractivity contribution in [3.63, 3.8) is 0 Å². The number of hydrogen-bond donors (Lipinski definition) is 1. The minimum Gasteiger partial charge on any atom is -0.381 e. The highest BCUT2D eigenvalue weighted by Crippen LogP contribution is 2.52. The van der Waals surface area contributed by atoms with Gasteiger partial charge in [0.15, 0.2) is 0 Å². The summed E-state index contributed by atoms with van der Waals surface area (Å²) < 4.78 is 27.5. The zero-order chi connectivity index (χ0) is 10.8. The van der Waals surface area contributed by atoms with E-state index >= 15 is 0 Å². The van der Waals surface area contributed by atoms with Gasteiger partial charge in [-0.1, -0.05) is 0 Å². The smallest absolute Gasteiger partial charge is 0.147 e. The normalized spacial score (nSPS) is 31.8. The predicted octanol–water partition coefficient (Wildman–Crippen LogP) is 0.0325. The quantitative estimate of drug-likeness (QED) is 0.687. The van der Waals surface area contributed by atoms with Crippen molar-refractivity contribution in [3.8, 4) is 0 Å². The summed E-state index contributed by atoms with van der Waals surface area (Å²) in [6, 6.07) is 0. The molecule has 0 unspecified atom stereocenters. The predicted molar refractivity (Wildman–Crippen MR) is 55.8 cm³/mol. The lowest BCUT2D eigenvalue weighted by Crippen LogP contribution is -2.25. The highest BCUT2D eigenvalue weighted by Gasteiger charge is 2.54. The van der Waals surface area contributed by atoms with Crippen LogP contribution in [-0.4, -0.2) is 40.2 Å². The largest absolute Gasteiger partial charge is 0.381 e. The molecule has 0 amide bonds. The van der Waals surface area contributed by atoms with Crippen LogP contribution >= 0.6 is 0 Å². The van der Waals surface area contributed by atoms with E-state index in [0.717, 1.165) is 6.42 Å². The van der Waals surface area contributed by atoms with E-state index in [4.69, 9.17) is 10.5 Å². The third-order valence-electron chi connectivity index (χ3n) is 2.86. The third-order valence-corrected chi connectivity index (χ3v) is 3.87. The second kappa shape index (κ2) is 4.16. The molecule has 0 spiro atoms. The standard InChI is InChI=1S/C9H19NO3S/c1-3-13-7-9(6-10)4-8(9)5-14(2,11)12/h8H,3-7,10H2,1-2H3/t8-,9+/m1/s1. The van der Waals surface area contributed by atoms with E-state index in [1.807, 2.05) is 6.92 Å². The molecule has 1 saturated carbocycles. The molecule has 14 heavy (non-hydrogen) atoms. The highest BCUT2D eigenvalue weighted by atomic mass is 32.2. The van der Waals surface area contributed by atoms with Gasteiger partial charge in [-0.3, -0.25) is 0 Å². The van der Waals surface area contributed by atoms with Crippen molar-refractivity contribution in [1.82, 2.24) is 0 Å². The van der Waals surface area contributed by atoms with Gasteiger partial charge >= 0.3 is 0 Å². The number of nitrogens with two attached hydrogens (primary N) is 1. The van der Waals surface area contributed by atoms with Crippen LogP contribution in [0.25, 0.3) is 0 Å². The molecule has 1 aliphatic carbocycles. The fourth-order valence-corrected chi connectivity index (χ4v) is 3.03. The number of sulfone groups is 1. The van der Waals surface area contributed by atoms with E-state index in [0.29, 0.717) is 19.8 Å². The van der Waals surface area contributed by atoms with Gasteiger partial charge in [-0.2, -0.15) is 0 Å². The monoisotopic (exact) mass is 221 g/mol. The van der Waals surface area contributed by atoms with Crippen LogP contribution in [0.4, 0.5) is 0 Å². The van der Waals surface area contributed by atoms with Gasteiger partial charge in [0, 0.05) is 24.8 Å². The Balaban J connectivity index is 2.46. The van der Waals surface area contributed by atoms with Crippen LogP contribution in [0.5, 0.6) is 0 Å². The van der Waals surface area contributed by atoms with E-state index in [-0.39, 0.29) is 17.1 Å². The Hall–Kier alpha value is -0.130. The van der Waals surface area contributed by atoms with Crippen molar-refractivity contribution in [2.75, 3.05) is 31.8 Å². The Morgan fingerprint density at radius 3 is 2.64 bits per heavy atom. The Kier molecular flexibility index (Phi) is 3.55. The maximum Gasteiger partial charge on any atom is 0.147 e. The van der Waals surface area contributed by atoms with Gasteiger partial charge < -0.3 is 10.5 Å². The van der Waals surface area contributed by atoms with Gasteiger partial charge in [-0.05, 0) is 19.3 Å². The first kappa shape index (κ1) is 11.9. The van der Waals surface area contributed by atoms with E-state index in [9.17, 15) is 8.42 Å². The first-order chi connectivity index (χ1) is 6.43. The lowest BCUT2D eigenvalue weighted by Gasteiger charge is -2.14. The van der Waals surface area contributed by atoms with Crippen molar-refractivity contribution in [1.29, 1.82) is 0 Å².